The first kappa shape index (κ1) is 15.4. The largest absolute Gasteiger partial charge is 0.480 e. The van der Waals surface area contributed by atoms with Crippen LogP contribution in [0.15, 0.2) is 24.3 Å². The summed E-state index contributed by atoms with van der Waals surface area (Å²) in [6.45, 7) is 1.74. The van der Waals surface area contributed by atoms with Crippen molar-refractivity contribution in [1.29, 1.82) is 0 Å². The minimum Gasteiger partial charge on any atom is -0.480 e. The molecule has 1 atom stereocenters. The molecule has 1 amide bonds. The van der Waals surface area contributed by atoms with Crippen LogP contribution in [0.2, 0.25) is 0 Å². The number of carbonyl (C=O) groups excluding carboxylic acids is 1. The Labute approximate surface area is 127 Å². The minimum absolute atomic E-state index is 0.217. The van der Waals surface area contributed by atoms with Crippen LogP contribution in [0, 0.1) is 0 Å². The van der Waals surface area contributed by atoms with Gasteiger partial charge >= 0.3 is 5.97 Å². The molecule has 0 aliphatic heterocycles. The molecular weight excluding hydrogens is 288 g/mol. The van der Waals surface area contributed by atoms with E-state index in [1.165, 1.54) is 0 Å². The molecule has 5 nitrogen and oxygen atoms in total. The van der Waals surface area contributed by atoms with E-state index < -0.39 is 12.0 Å². The van der Waals surface area contributed by atoms with Gasteiger partial charge in [0.15, 0.2) is 0 Å². The van der Waals surface area contributed by atoms with E-state index in [0.29, 0.717) is 19.3 Å². The molecule has 0 aliphatic rings. The third-order valence-electron chi connectivity index (χ3n) is 3.17. The summed E-state index contributed by atoms with van der Waals surface area (Å²) in [5, 5.41) is 12.4. The topological polar surface area (TPSA) is 79.3 Å². The maximum Gasteiger partial charge on any atom is 0.326 e. The molecule has 0 aliphatic carbocycles. The molecule has 0 bridgehead atoms. The number of hydrogen-bond donors (Lipinski definition) is 2. The zero-order valence-electron chi connectivity index (χ0n) is 11.8. The van der Waals surface area contributed by atoms with Crippen molar-refractivity contribution in [2.75, 3.05) is 0 Å². The van der Waals surface area contributed by atoms with Gasteiger partial charge in [-0.15, -0.1) is 11.3 Å². The van der Waals surface area contributed by atoms with Crippen molar-refractivity contribution in [1.82, 2.24) is 10.3 Å². The summed E-state index contributed by atoms with van der Waals surface area (Å²) in [5.74, 6) is -1.21. The molecule has 0 fully saturated rings. The van der Waals surface area contributed by atoms with Crippen LogP contribution in [-0.2, 0) is 16.0 Å². The highest BCUT2D eigenvalue weighted by atomic mass is 32.1. The van der Waals surface area contributed by atoms with Gasteiger partial charge in [-0.3, -0.25) is 4.79 Å². The van der Waals surface area contributed by atoms with Gasteiger partial charge in [0, 0.05) is 6.42 Å². The molecule has 112 valence electrons. The number of para-hydroxylation sites is 1. The van der Waals surface area contributed by atoms with Gasteiger partial charge in [-0.25, -0.2) is 9.78 Å². The number of carbonyl (C=O) groups is 2. The number of aliphatic carboxylic acids is 1. The van der Waals surface area contributed by atoms with Crippen molar-refractivity contribution in [3.8, 4) is 0 Å². The van der Waals surface area contributed by atoms with E-state index >= 15 is 0 Å². The monoisotopic (exact) mass is 306 g/mol. The molecule has 2 rings (SSSR count). The molecule has 2 aromatic rings. The molecule has 21 heavy (non-hydrogen) atoms. The molecule has 1 unspecified atom stereocenters. The predicted octanol–water partition coefficient (Wildman–Crippen LogP) is 2.60. The second-order valence-electron chi connectivity index (χ2n) is 4.80. The van der Waals surface area contributed by atoms with E-state index in [2.05, 4.69) is 10.3 Å². The van der Waals surface area contributed by atoms with Crippen molar-refractivity contribution in [3.05, 3.63) is 29.3 Å². The Morgan fingerprint density at radius 3 is 2.81 bits per heavy atom. The lowest BCUT2D eigenvalue weighted by Crippen LogP contribution is -2.40. The second kappa shape index (κ2) is 7.17. The lowest BCUT2D eigenvalue weighted by Gasteiger charge is -2.11. The number of amides is 1. The number of carboxylic acid groups (broad SMARTS) is 1. The van der Waals surface area contributed by atoms with Crippen molar-refractivity contribution >= 4 is 33.4 Å². The molecule has 0 spiro atoms. The Morgan fingerprint density at radius 1 is 1.38 bits per heavy atom. The minimum atomic E-state index is -0.989. The van der Waals surface area contributed by atoms with Gasteiger partial charge in [-0.1, -0.05) is 19.1 Å². The van der Waals surface area contributed by atoms with Crippen LogP contribution >= 0.6 is 11.3 Å². The maximum absolute atomic E-state index is 11.7. The number of benzene rings is 1. The normalized spacial score (nSPS) is 12.2. The third-order valence-corrected chi connectivity index (χ3v) is 4.27. The average Bonchev–Trinajstić information content (AvgIpc) is 2.87. The molecular formula is C15H18N2O3S. The SMILES string of the molecule is CCC(NC(=O)CCCc1nc2ccccc2s1)C(=O)O. The average molecular weight is 306 g/mol. The van der Waals surface area contributed by atoms with Crippen molar-refractivity contribution in [2.45, 2.75) is 38.6 Å². The van der Waals surface area contributed by atoms with Gasteiger partial charge in [0.1, 0.15) is 6.04 Å². The first-order valence-corrected chi connectivity index (χ1v) is 7.78. The molecule has 1 heterocycles. The first-order chi connectivity index (χ1) is 10.1. The summed E-state index contributed by atoms with van der Waals surface area (Å²) in [5.41, 5.74) is 0.985. The van der Waals surface area contributed by atoms with Gasteiger partial charge in [0.25, 0.3) is 0 Å². The van der Waals surface area contributed by atoms with Crippen LogP contribution in [0.25, 0.3) is 10.2 Å². The lowest BCUT2D eigenvalue weighted by atomic mass is 10.2. The fourth-order valence-corrected chi connectivity index (χ4v) is 3.04. The summed E-state index contributed by atoms with van der Waals surface area (Å²) >= 11 is 1.64. The summed E-state index contributed by atoms with van der Waals surface area (Å²) in [7, 11) is 0. The predicted molar refractivity (Wildman–Crippen MR) is 82.4 cm³/mol. The van der Waals surface area contributed by atoms with E-state index in [1.807, 2.05) is 24.3 Å². The standard InChI is InChI=1S/C15H18N2O3S/c1-2-10(15(19)20)16-13(18)8-5-9-14-17-11-6-3-4-7-12(11)21-14/h3-4,6-7,10H,2,5,8-9H2,1H3,(H,16,18)(H,19,20). The van der Waals surface area contributed by atoms with Gasteiger partial charge in [0.05, 0.1) is 15.2 Å². The number of nitrogens with one attached hydrogen (secondary N) is 1. The highest BCUT2D eigenvalue weighted by Crippen LogP contribution is 2.22. The fraction of sp³-hybridized carbons (Fsp3) is 0.400. The zero-order chi connectivity index (χ0) is 15.2. The van der Waals surface area contributed by atoms with Crippen LogP contribution in [0.1, 0.15) is 31.2 Å². The molecule has 1 aromatic carbocycles. The maximum atomic E-state index is 11.7. The van der Waals surface area contributed by atoms with Crippen LogP contribution in [0.5, 0.6) is 0 Å². The van der Waals surface area contributed by atoms with E-state index in [4.69, 9.17) is 5.11 Å². The van der Waals surface area contributed by atoms with Crippen molar-refractivity contribution < 1.29 is 14.7 Å². The smallest absolute Gasteiger partial charge is 0.326 e. The zero-order valence-corrected chi connectivity index (χ0v) is 12.7. The molecule has 0 saturated carbocycles. The van der Waals surface area contributed by atoms with Gasteiger partial charge in [-0.05, 0) is 31.4 Å². The molecule has 2 N–H and O–H groups in total. The number of thiazole rings is 1. The van der Waals surface area contributed by atoms with Crippen LogP contribution < -0.4 is 5.32 Å². The van der Waals surface area contributed by atoms with Crippen LogP contribution in [-0.4, -0.2) is 28.0 Å². The van der Waals surface area contributed by atoms with E-state index in [0.717, 1.165) is 21.6 Å². The Hall–Kier alpha value is -1.95. The summed E-state index contributed by atoms with van der Waals surface area (Å²) < 4.78 is 1.15. The van der Waals surface area contributed by atoms with Crippen molar-refractivity contribution in [2.24, 2.45) is 0 Å². The van der Waals surface area contributed by atoms with Crippen LogP contribution in [0.4, 0.5) is 0 Å². The number of nitrogens with zero attached hydrogens (tertiary/aromatic N) is 1. The van der Waals surface area contributed by atoms with E-state index in [9.17, 15) is 9.59 Å². The summed E-state index contributed by atoms with van der Waals surface area (Å²) in [4.78, 5) is 27.0. The number of hydrogen-bond acceptors (Lipinski definition) is 4. The summed E-state index contributed by atoms with van der Waals surface area (Å²) in [6, 6.07) is 7.15. The number of carboxylic acids is 1. The highest BCUT2D eigenvalue weighted by Gasteiger charge is 2.17. The number of rotatable bonds is 7. The van der Waals surface area contributed by atoms with Crippen molar-refractivity contribution in [3.63, 3.8) is 0 Å². The Kier molecular flexibility index (Phi) is 5.27. The van der Waals surface area contributed by atoms with Crippen LogP contribution in [0.3, 0.4) is 0 Å². The Bertz CT molecular complexity index is 606. The molecule has 0 saturated heterocycles. The second-order valence-corrected chi connectivity index (χ2v) is 5.91. The van der Waals surface area contributed by atoms with E-state index in [1.54, 1.807) is 18.3 Å². The highest BCUT2D eigenvalue weighted by molar-refractivity contribution is 7.18. The van der Waals surface area contributed by atoms with Gasteiger partial charge < -0.3 is 10.4 Å². The molecule has 0 radical (unpaired) electrons. The Balaban J connectivity index is 1.81. The fourth-order valence-electron chi connectivity index (χ4n) is 2.03. The molecule has 1 aromatic heterocycles. The van der Waals surface area contributed by atoms with Gasteiger partial charge in [0.2, 0.25) is 5.91 Å². The number of aromatic nitrogens is 1. The third kappa shape index (κ3) is 4.26. The number of aryl methyl sites for hydroxylation is 1. The van der Waals surface area contributed by atoms with E-state index in [-0.39, 0.29) is 5.91 Å². The summed E-state index contributed by atoms with van der Waals surface area (Å²) in [6.07, 6.45) is 2.11. The first-order valence-electron chi connectivity index (χ1n) is 6.96. The lowest BCUT2D eigenvalue weighted by molar-refractivity contribution is -0.141. The Morgan fingerprint density at radius 2 is 2.14 bits per heavy atom. The molecule has 6 heteroatoms. The number of fused-ring (bicyclic) bond motifs is 1. The van der Waals surface area contributed by atoms with Gasteiger partial charge in [-0.2, -0.15) is 0 Å². The quantitative estimate of drug-likeness (QED) is 0.824.